The summed E-state index contributed by atoms with van der Waals surface area (Å²) in [6.07, 6.45) is -3.89. The van der Waals surface area contributed by atoms with E-state index in [0.29, 0.717) is 0 Å². The molecule has 0 aromatic rings. The van der Waals surface area contributed by atoms with Crippen molar-refractivity contribution in [1.82, 2.24) is 0 Å². The number of carbonyl (C=O) groups excluding carboxylic acids is 3. The summed E-state index contributed by atoms with van der Waals surface area (Å²) in [6, 6.07) is 0. The van der Waals surface area contributed by atoms with Crippen molar-refractivity contribution in [1.29, 1.82) is 0 Å². The van der Waals surface area contributed by atoms with E-state index in [1.807, 2.05) is 0 Å². The fourth-order valence-corrected chi connectivity index (χ4v) is 0.698. The minimum absolute atomic E-state index is 0.176. The van der Waals surface area contributed by atoms with Gasteiger partial charge in [0.1, 0.15) is 26.4 Å². The van der Waals surface area contributed by atoms with Crippen LogP contribution in [0.5, 0.6) is 0 Å². The van der Waals surface area contributed by atoms with Crippen LogP contribution in [0.15, 0.2) is 0 Å². The second kappa shape index (κ2) is 10.1. The molecule has 0 aliphatic carbocycles. The first kappa shape index (κ1) is 15.9. The zero-order chi connectivity index (χ0) is 13.8. The van der Waals surface area contributed by atoms with Crippen LogP contribution in [-0.4, -0.2) is 51.6 Å². The van der Waals surface area contributed by atoms with Crippen LogP contribution in [-0.2, 0) is 23.7 Å². The maximum atomic E-state index is 11.5. The van der Waals surface area contributed by atoms with Crippen LogP contribution < -0.4 is 0 Å². The van der Waals surface area contributed by atoms with Gasteiger partial charge in [0, 0.05) is 0 Å². The molecule has 8 nitrogen and oxygen atoms in total. The molecule has 0 saturated carbocycles. The monoisotopic (exact) mass is 268 g/mol. The largest absolute Gasteiger partial charge is 0.508 e. The lowest BCUT2D eigenvalue weighted by molar-refractivity contribution is 0.0125. The molecule has 0 spiro atoms. The van der Waals surface area contributed by atoms with Crippen molar-refractivity contribution >= 4 is 18.5 Å². The SMILES string of the molecule is CCOC(=O)OCCOC(=O)OCCOC(=O)F. The summed E-state index contributed by atoms with van der Waals surface area (Å²) < 4.78 is 33.1. The van der Waals surface area contributed by atoms with Gasteiger partial charge in [0.15, 0.2) is 0 Å². The van der Waals surface area contributed by atoms with E-state index in [4.69, 9.17) is 0 Å². The van der Waals surface area contributed by atoms with Crippen molar-refractivity contribution in [2.24, 2.45) is 0 Å². The van der Waals surface area contributed by atoms with Crippen LogP contribution in [0.2, 0.25) is 0 Å². The molecule has 104 valence electrons. The Labute approximate surface area is 102 Å². The van der Waals surface area contributed by atoms with Crippen LogP contribution in [0.3, 0.4) is 0 Å². The first-order chi connectivity index (χ1) is 8.56. The second-order valence-electron chi connectivity index (χ2n) is 2.56. The van der Waals surface area contributed by atoms with Gasteiger partial charge in [0.25, 0.3) is 0 Å². The molecule has 0 N–H and O–H groups in total. The van der Waals surface area contributed by atoms with Gasteiger partial charge >= 0.3 is 18.5 Å². The Kier molecular flexibility index (Phi) is 8.96. The van der Waals surface area contributed by atoms with E-state index in [2.05, 4.69) is 23.7 Å². The van der Waals surface area contributed by atoms with E-state index in [1.165, 1.54) is 0 Å². The molecule has 0 fully saturated rings. The third kappa shape index (κ3) is 10.5. The lowest BCUT2D eigenvalue weighted by Gasteiger charge is -2.06. The Bertz CT molecular complexity index is 280. The predicted octanol–water partition coefficient (Wildman–Crippen LogP) is 1.42. The smallest absolute Gasteiger partial charge is 0.437 e. The highest BCUT2D eigenvalue weighted by atomic mass is 19.1. The summed E-state index contributed by atoms with van der Waals surface area (Å²) in [5.74, 6) is 0. The quantitative estimate of drug-likeness (QED) is 0.296. The van der Waals surface area contributed by atoms with Gasteiger partial charge in [-0.1, -0.05) is 0 Å². The standard InChI is InChI=1S/C9H13FO8/c1-2-14-8(12)16-5-6-18-9(13)17-4-3-15-7(10)11/h2-6H2,1H3. The normalized spacial score (nSPS) is 9.22. The molecule has 0 bridgehead atoms. The van der Waals surface area contributed by atoms with Crippen molar-refractivity contribution in [2.75, 3.05) is 33.0 Å². The minimum atomic E-state index is -1.96. The summed E-state index contributed by atoms with van der Waals surface area (Å²) in [5, 5.41) is 0. The summed E-state index contributed by atoms with van der Waals surface area (Å²) >= 11 is 0. The molecule has 0 radical (unpaired) electrons. The van der Waals surface area contributed by atoms with Crippen LogP contribution in [0.25, 0.3) is 0 Å². The molecule has 0 aliphatic heterocycles. The zero-order valence-corrected chi connectivity index (χ0v) is 9.68. The van der Waals surface area contributed by atoms with E-state index < -0.39 is 25.1 Å². The summed E-state index contributed by atoms with van der Waals surface area (Å²) in [4.78, 5) is 31.2. The highest BCUT2D eigenvalue weighted by Gasteiger charge is 2.06. The predicted molar refractivity (Wildman–Crippen MR) is 52.7 cm³/mol. The average molecular weight is 268 g/mol. The molecule has 0 unspecified atom stereocenters. The van der Waals surface area contributed by atoms with E-state index in [-0.39, 0.29) is 26.4 Å². The molecule has 0 amide bonds. The zero-order valence-electron chi connectivity index (χ0n) is 9.68. The lowest BCUT2D eigenvalue weighted by atomic mass is 10.7. The first-order valence-corrected chi connectivity index (χ1v) is 4.97. The number of hydrogen-bond acceptors (Lipinski definition) is 8. The van der Waals surface area contributed by atoms with Crippen molar-refractivity contribution in [2.45, 2.75) is 6.92 Å². The molecule has 0 heterocycles. The Hall–Kier alpha value is -2.06. The highest BCUT2D eigenvalue weighted by molar-refractivity contribution is 5.60. The summed E-state index contributed by atoms with van der Waals surface area (Å²) in [5.41, 5.74) is 0. The third-order valence-electron chi connectivity index (χ3n) is 1.30. The van der Waals surface area contributed by atoms with Crippen molar-refractivity contribution < 1.29 is 42.5 Å². The van der Waals surface area contributed by atoms with Gasteiger partial charge in [-0.15, -0.1) is 4.39 Å². The van der Waals surface area contributed by atoms with Gasteiger partial charge in [-0.25, -0.2) is 14.4 Å². The van der Waals surface area contributed by atoms with Crippen LogP contribution in [0.1, 0.15) is 6.92 Å². The average Bonchev–Trinajstić information content (AvgIpc) is 2.30. The molecule has 0 aromatic carbocycles. The fourth-order valence-electron chi connectivity index (χ4n) is 0.698. The molecule has 0 aromatic heterocycles. The number of halogens is 1. The van der Waals surface area contributed by atoms with Gasteiger partial charge in [-0.2, -0.15) is 0 Å². The van der Waals surface area contributed by atoms with Gasteiger partial charge in [0.05, 0.1) is 6.61 Å². The van der Waals surface area contributed by atoms with Gasteiger partial charge in [-0.05, 0) is 6.92 Å². The fraction of sp³-hybridized carbons (Fsp3) is 0.667. The third-order valence-corrected chi connectivity index (χ3v) is 1.30. The second-order valence-corrected chi connectivity index (χ2v) is 2.56. The van der Waals surface area contributed by atoms with E-state index in [9.17, 15) is 18.8 Å². The molecule has 0 rings (SSSR count). The van der Waals surface area contributed by atoms with Gasteiger partial charge in [0.2, 0.25) is 0 Å². The van der Waals surface area contributed by atoms with Crippen molar-refractivity contribution in [3.05, 3.63) is 0 Å². The molecular formula is C9H13FO8. The van der Waals surface area contributed by atoms with E-state index >= 15 is 0 Å². The topological polar surface area (TPSA) is 97.4 Å². The molecule has 0 saturated heterocycles. The van der Waals surface area contributed by atoms with Crippen LogP contribution in [0.4, 0.5) is 18.8 Å². The Morgan fingerprint density at radius 2 is 1.17 bits per heavy atom. The minimum Gasteiger partial charge on any atom is -0.437 e. The number of rotatable bonds is 7. The molecule has 0 atom stereocenters. The molecule has 18 heavy (non-hydrogen) atoms. The lowest BCUT2D eigenvalue weighted by Crippen LogP contribution is -2.17. The van der Waals surface area contributed by atoms with E-state index in [0.717, 1.165) is 0 Å². The van der Waals surface area contributed by atoms with Crippen LogP contribution >= 0.6 is 0 Å². The van der Waals surface area contributed by atoms with E-state index in [1.54, 1.807) is 6.92 Å². The molecule has 9 heteroatoms. The highest BCUT2D eigenvalue weighted by Crippen LogP contribution is 1.90. The first-order valence-electron chi connectivity index (χ1n) is 4.97. The van der Waals surface area contributed by atoms with Crippen molar-refractivity contribution in [3.63, 3.8) is 0 Å². The van der Waals surface area contributed by atoms with Gasteiger partial charge in [-0.3, -0.25) is 0 Å². The molecule has 0 aliphatic rings. The van der Waals surface area contributed by atoms with Crippen molar-refractivity contribution in [3.8, 4) is 0 Å². The summed E-state index contributed by atoms with van der Waals surface area (Å²) in [6.45, 7) is 0.624. The maximum Gasteiger partial charge on any atom is 0.508 e. The number of hydrogen-bond donors (Lipinski definition) is 0. The summed E-state index contributed by atoms with van der Waals surface area (Å²) in [7, 11) is 0. The Morgan fingerprint density at radius 3 is 1.56 bits per heavy atom. The molecular weight excluding hydrogens is 255 g/mol. The Balaban J connectivity index is 3.37. The van der Waals surface area contributed by atoms with Crippen LogP contribution in [0, 0.1) is 0 Å². The number of carbonyl (C=O) groups is 3. The Morgan fingerprint density at radius 1 is 0.778 bits per heavy atom. The number of ether oxygens (including phenoxy) is 5. The maximum absolute atomic E-state index is 11.5. The van der Waals surface area contributed by atoms with Gasteiger partial charge < -0.3 is 23.7 Å².